The molecule has 4 heteroatoms. The van der Waals surface area contributed by atoms with Crippen LogP contribution in [0.1, 0.15) is 0 Å². The summed E-state index contributed by atoms with van der Waals surface area (Å²) >= 11 is 0. The lowest BCUT2D eigenvalue weighted by molar-refractivity contribution is 1.18. The summed E-state index contributed by atoms with van der Waals surface area (Å²) in [5.41, 5.74) is 14.9. The van der Waals surface area contributed by atoms with Crippen molar-refractivity contribution in [2.75, 3.05) is 0 Å². The van der Waals surface area contributed by atoms with Crippen molar-refractivity contribution in [1.82, 2.24) is 17.9 Å². The first kappa shape index (κ1) is 29.5. The van der Waals surface area contributed by atoms with Crippen molar-refractivity contribution >= 4 is 120 Å². The number of hydrogen-bond donors (Lipinski definition) is 0. The molecule has 0 aliphatic heterocycles. The normalized spacial score (nSPS) is 12.8. The molecule has 15 rings (SSSR count). The average molecular weight is 735 g/mol. The summed E-state index contributed by atoms with van der Waals surface area (Å²) < 4.78 is 9.97. The van der Waals surface area contributed by atoms with Gasteiger partial charge in [-0.15, -0.1) is 0 Å². The van der Waals surface area contributed by atoms with Gasteiger partial charge in [-0.1, -0.05) is 109 Å². The Kier molecular flexibility index (Phi) is 5.14. The molecule has 0 bridgehead atoms. The lowest BCUT2D eigenvalue weighted by Gasteiger charge is -2.08. The quantitative estimate of drug-likeness (QED) is 0.168. The van der Waals surface area contributed by atoms with E-state index in [4.69, 9.17) is 0 Å². The van der Waals surface area contributed by atoms with E-state index in [9.17, 15) is 0 Å². The van der Waals surface area contributed by atoms with Crippen molar-refractivity contribution in [3.63, 3.8) is 0 Å². The van der Waals surface area contributed by atoms with Gasteiger partial charge in [0.25, 0.3) is 0 Å². The lowest BCUT2D eigenvalue weighted by atomic mass is 10.0. The second-order valence-electron chi connectivity index (χ2n) is 16.1. The van der Waals surface area contributed by atoms with Gasteiger partial charge in [0.2, 0.25) is 0 Å². The van der Waals surface area contributed by atoms with Gasteiger partial charge < -0.3 is 17.9 Å². The molecule has 0 saturated heterocycles. The molecule has 15 aromatic rings. The highest BCUT2D eigenvalue weighted by atomic mass is 15.0. The van der Waals surface area contributed by atoms with Crippen LogP contribution in [-0.4, -0.2) is 17.9 Å². The molecule has 0 N–H and O–H groups in total. The molecule has 0 unspecified atom stereocenters. The maximum atomic E-state index is 2.56. The molecule has 0 spiro atoms. The van der Waals surface area contributed by atoms with Crippen LogP contribution in [-0.2, 0) is 0 Å². The first-order valence-corrected chi connectivity index (χ1v) is 20.1. The molecule has 58 heavy (non-hydrogen) atoms. The van der Waals surface area contributed by atoms with Crippen LogP contribution in [0.25, 0.3) is 131 Å². The number of nitrogens with zero attached hydrogens (tertiary/aromatic N) is 4. The predicted octanol–water partition coefficient (Wildman–Crippen LogP) is 14.2. The molecular formula is C54H30N4. The second-order valence-corrected chi connectivity index (χ2v) is 16.1. The van der Waals surface area contributed by atoms with E-state index < -0.39 is 0 Å². The Morgan fingerprint density at radius 2 is 0.534 bits per heavy atom. The van der Waals surface area contributed by atoms with Crippen LogP contribution in [0.2, 0.25) is 0 Å². The van der Waals surface area contributed by atoms with Crippen molar-refractivity contribution in [2.24, 2.45) is 0 Å². The van der Waals surface area contributed by atoms with Gasteiger partial charge in [-0.3, -0.25) is 0 Å². The van der Waals surface area contributed by atoms with Crippen molar-refractivity contribution < 1.29 is 0 Å². The Labute approximate surface area is 329 Å². The monoisotopic (exact) mass is 734 g/mol. The zero-order valence-electron chi connectivity index (χ0n) is 31.1. The zero-order chi connectivity index (χ0) is 37.4. The van der Waals surface area contributed by atoms with Gasteiger partial charge in [0, 0.05) is 76.0 Å². The maximum Gasteiger partial charge on any atom is 0.0620 e. The highest BCUT2D eigenvalue weighted by Crippen LogP contribution is 2.47. The Balaban J connectivity index is 1.09. The summed E-state index contributed by atoms with van der Waals surface area (Å²) in [5.74, 6) is 0. The number of rotatable bonds is 2. The van der Waals surface area contributed by atoms with E-state index in [1.807, 2.05) is 0 Å². The Hall–Kier alpha value is -7.82. The molecule has 0 fully saturated rings. The molecule has 0 aliphatic rings. The van der Waals surface area contributed by atoms with E-state index in [1.54, 1.807) is 0 Å². The molecule has 0 atom stereocenters. The van der Waals surface area contributed by atoms with Gasteiger partial charge >= 0.3 is 0 Å². The maximum absolute atomic E-state index is 2.56. The van der Waals surface area contributed by atoms with E-state index in [2.05, 4.69) is 200 Å². The zero-order valence-corrected chi connectivity index (χ0v) is 31.1. The van der Waals surface area contributed by atoms with Crippen molar-refractivity contribution in [3.05, 3.63) is 182 Å². The smallest absolute Gasteiger partial charge is 0.0620 e. The number of aromatic nitrogens is 4. The third-order valence-corrected chi connectivity index (χ3v) is 13.4. The van der Waals surface area contributed by atoms with Crippen LogP contribution in [0, 0.1) is 0 Å². The van der Waals surface area contributed by atoms with Crippen LogP contribution in [0.15, 0.2) is 182 Å². The fourth-order valence-corrected chi connectivity index (χ4v) is 11.1. The second kappa shape index (κ2) is 10.1. The van der Waals surface area contributed by atoms with E-state index >= 15 is 0 Å². The van der Waals surface area contributed by atoms with Gasteiger partial charge in [-0.2, -0.15) is 0 Å². The standard InChI is InChI=1S/C54H30N4/c1-3-13-31(14-4-1)55-45-23-9-7-17-33(45)41-26-49-43(28-47(41)55)37-21-11-19-35-39-25-40-36-20-12-22-38-44-29-48-42(34-18-8-10-24-46(34)56(48)32-15-5-2-6-16-32)27-50(44)58(54(36)38)52(40)30-51(39)57(49)53(35)37/h1-30H. The fraction of sp³-hybridized carbons (Fsp3) is 0. The van der Waals surface area contributed by atoms with Crippen LogP contribution >= 0.6 is 0 Å². The van der Waals surface area contributed by atoms with Gasteiger partial charge in [-0.25, -0.2) is 0 Å². The number of benzene rings is 9. The largest absolute Gasteiger partial charge is 0.309 e. The van der Waals surface area contributed by atoms with Gasteiger partial charge in [0.05, 0.1) is 55.2 Å². The van der Waals surface area contributed by atoms with Crippen molar-refractivity contribution in [1.29, 1.82) is 0 Å². The van der Waals surface area contributed by atoms with Crippen LogP contribution in [0.3, 0.4) is 0 Å². The fourth-order valence-electron chi connectivity index (χ4n) is 11.1. The topological polar surface area (TPSA) is 18.7 Å². The van der Waals surface area contributed by atoms with Gasteiger partial charge in [0.1, 0.15) is 0 Å². The Morgan fingerprint density at radius 1 is 0.207 bits per heavy atom. The minimum atomic E-state index is 1.18. The van der Waals surface area contributed by atoms with E-state index in [0.717, 1.165) is 0 Å². The highest BCUT2D eigenvalue weighted by molar-refractivity contribution is 6.31. The van der Waals surface area contributed by atoms with Crippen LogP contribution in [0.4, 0.5) is 0 Å². The van der Waals surface area contributed by atoms with Gasteiger partial charge in [-0.05, 0) is 72.8 Å². The highest BCUT2D eigenvalue weighted by Gasteiger charge is 2.25. The first-order chi connectivity index (χ1) is 28.8. The number of fused-ring (bicyclic) bond motifs is 18. The molecule has 4 nitrogen and oxygen atoms in total. The Bertz CT molecular complexity index is 3960. The molecule has 266 valence electrons. The molecule has 0 saturated carbocycles. The third kappa shape index (κ3) is 3.38. The molecule has 0 aliphatic carbocycles. The molecular weight excluding hydrogens is 705 g/mol. The SMILES string of the molecule is c1ccc(-n2c3ccccc3c3cc4c(cc32)c2cccc3c5cc6c7cccc8c9cc%10c(cc9n(c6cc5n4c23)c87)c2ccccc2n%10-c2ccccc2)cc1. The van der Waals surface area contributed by atoms with Crippen molar-refractivity contribution in [3.8, 4) is 11.4 Å². The summed E-state index contributed by atoms with van der Waals surface area (Å²) in [5, 5.41) is 15.4. The summed E-state index contributed by atoms with van der Waals surface area (Å²) in [4.78, 5) is 0. The molecule has 0 radical (unpaired) electrons. The Morgan fingerprint density at radius 3 is 0.983 bits per heavy atom. The lowest BCUT2D eigenvalue weighted by Crippen LogP contribution is -1.93. The minimum absolute atomic E-state index is 1.18. The van der Waals surface area contributed by atoms with Gasteiger partial charge in [0.15, 0.2) is 0 Å². The number of hydrogen-bond acceptors (Lipinski definition) is 0. The summed E-state index contributed by atoms with van der Waals surface area (Å²) in [7, 11) is 0. The average Bonchev–Trinajstić information content (AvgIpc) is 4.10. The minimum Gasteiger partial charge on any atom is -0.309 e. The molecule has 0 amide bonds. The van der Waals surface area contributed by atoms with Crippen LogP contribution < -0.4 is 0 Å². The summed E-state index contributed by atoms with van der Waals surface area (Å²) in [6.07, 6.45) is 0. The summed E-state index contributed by atoms with van der Waals surface area (Å²) in [6.45, 7) is 0. The van der Waals surface area contributed by atoms with Crippen LogP contribution in [0.5, 0.6) is 0 Å². The first-order valence-electron chi connectivity index (χ1n) is 20.1. The molecule has 9 aromatic carbocycles. The van der Waals surface area contributed by atoms with Crippen molar-refractivity contribution in [2.45, 2.75) is 0 Å². The third-order valence-electron chi connectivity index (χ3n) is 13.4. The van der Waals surface area contributed by atoms with E-state index in [-0.39, 0.29) is 0 Å². The molecule has 6 heterocycles. The predicted molar refractivity (Wildman–Crippen MR) is 244 cm³/mol. The molecule has 6 aromatic heterocycles. The van der Waals surface area contributed by atoms with E-state index in [1.165, 1.54) is 131 Å². The summed E-state index contributed by atoms with van der Waals surface area (Å²) in [6, 6.07) is 67.7. The van der Waals surface area contributed by atoms with E-state index in [0.29, 0.717) is 0 Å². The number of para-hydroxylation sites is 6.